The third kappa shape index (κ3) is 3.58. The number of benzene rings is 2. The Morgan fingerprint density at radius 3 is 2.66 bits per heavy atom. The van der Waals surface area contributed by atoms with E-state index >= 15 is 0 Å². The number of hydrogen-bond donors (Lipinski definition) is 1. The summed E-state index contributed by atoms with van der Waals surface area (Å²) in [5.41, 5.74) is 4.83. The molecule has 0 spiro atoms. The van der Waals surface area contributed by atoms with Crippen molar-refractivity contribution < 1.29 is 4.39 Å². The number of hydrogen-bond acceptors (Lipinski definition) is 5. The van der Waals surface area contributed by atoms with Gasteiger partial charge in [-0.1, -0.05) is 37.8 Å². The van der Waals surface area contributed by atoms with E-state index in [9.17, 15) is 4.39 Å². The average molecular weight is 431 g/mol. The fourth-order valence-electron chi connectivity index (χ4n) is 4.34. The van der Waals surface area contributed by atoms with Crippen LogP contribution in [0.25, 0.3) is 17.3 Å². The minimum absolute atomic E-state index is 0.312. The van der Waals surface area contributed by atoms with E-state index in [0.717, 1.165) is 48.3 Å². The van der Waals surface area contributed by atoms with E-state index in [-0.39, 0.29) is 5.82 Å². The molecule has 0 atom stereocenters. The Bertz CT molecular complexity index is 1290. The fourth-order valence-corrected chi connectivity index (χ4v) is 4.34. The van der Waals surface area contributed by atoms with Gasteiger partial charge in [0.05, 0.1) is 11.0 Å². The van der Waals surface area contributed by atoms with Crippen molar-refractivity contribution in [3.8, 4) is 11.3 Å². The SMILES string of the molecule is C=C1C=c2[nH]nc(-c3cccc(N4CCN(C)CC4)c3)c2=NN1c1c(F)cccc1CC. The van der Waals surface area contributed by atoms with E-state index in [1.165, 1.54) is 11.8 Å². The zero-order valence-electron chi connectivity index (χ0n) is 18.5. The number of fused-ring (bicyclic) bond motifs is 1. The molecule has 3 heterocycles. The van der Waals surface area contributed by atoms with Crippen LogP contribution >= 0.6 is 0 Å². The van der Waals surface area contributed by atoms with Gasteiger partial charge < -0.3 is 9.80 Å². The van der Waals surface area contributed by atoms with Gasteiger partial charge in [-0.3, -0.25) is 5.10 Å². The molecule has 2 aliphatic heterocycles. The van der Waals surface area contributed by atoms with Crippen LogP contribution in [-0.4, -0.2) is 48.3 Å². The molecule has 32 heavy (non-hydrogen) atoms. The van der Waals surface area contributed by atoms with Crippen LogP contribution in [-0.2, 0) is 6.42 Å². The third-order valence-electron chi connectivity index (χ3n) is 6.20. The van der Waals surface area contributed by atoms with Crippen molar-refractivity contribution in [1.82, 2.24) is 15.1 Å². The molecule has 5 rings (SSSR count). The summed E-state index contributed by atoms with van der Waals surface area (Å²) in [7, 11) is 2.15. The van der Waals surface area contributed by atoms with Gasteiger partial charge in [-0.05, 0) is 43.3 Å². The second-order valence-electron chi connectivity index (χ2n) is 8.32. The first-order valence-electron chi connectivity index (χ1n) is 11.0. The molecule has 2 aromatic carbocycles. The first kappa shape index (κ1) is 20.5. The van der Waals surface area contributed by atoms with Gasteiger partial charge in [-0.25, -0.2) is 9.40 Å². The van der Waals surface area contributed by atoms with Gasteiger partial charge in [-0.2, -0.15) is 10.2 Å². The molecule has 1 aromatic heterocycles. The molecule has 2 aliphatic rings. The molecule has 0 aliphatic carbocycles. The van der Waals surface area contributed by atoms with Crippen LogP contribution in [0.3, 0.4) is 0 Å². The van der Waals surface area contributed by atoms with E-state index in [4.69, 9.17) is 5.10 Å². The minimum atomic E-state index is -0.312. The summed E-state index contributed by atoms with van der Waals surface area (Å²) in [5.74, 6) is -0.312. The molecule has 1 fully saturated rings. The standard InChI is InChI=1S/C25H27FN6/c1-4-18-7-6-10-21(26)25(18)32-17(2)15-22-24(29-32)23(28-27-22)19-8-5-9-20(16-19)31-13-11-30(3)12-14-31/h5-10,15-16,27H,2,4,11-14H2,1,3H3. The summed E-state index contributed by atoms with van der Waals surface area (Å²) >= 11 is 0. The number of nitrogens with one attached hydrogen (secondary N) is 1. The van der Waals surface area contributed by atoms with Gasteiger partial charge in [0.25, 0.3) is 0 Å². The number of allylic oxidation sites excluding steroid dienone is 1. The Labute approximate surface area is 187 Å². The van der Waals surface area contributed by atoms with Crippen molar-refractivity contribution in [1.29, 1.82) is 0 Å². The van der Waals surface area contributed by atoms with Gasteiger partial charge in [0.2, 0.25) is 0 Å². The third-order valence-corrected chi connectivity index (χ3v) is 6.20. The number of piperazine rings is 1. The highest BCUT2D eigenvalue weighted by Crippen LogP contribution is 2.29. The molecule has 7 heteroatoms. The lowest BCUT2D eigenvalue weighted by molar-refractivity contribution is 0.313. The number of para-hydroxylation sites is 1. The average Bonchev–Trinajstić information content (AvgIpc) is 3.21. The minimum Gasteiger partial charge on any atom is -0.369 e. The molecule has 0 radical (unpaired) electrons. The predicted molar refractivity (Wildman–Crippen MR) is 126 cm³/mol. The van der Waals surface area contributed by atoms with Gasteiger partial charge in [0.15, 0.2) is 0 Å². The van der Waals surface area contributed by atoms with E-state index in [2.05, 4.69) is 51.8 Å². The number of halogens is 1. The number of nitrogens with zero attached hydrogens (tertiary/aromatic N) is 5. The monoisotopic (exact) mass is 430 g/mol. The molecule has 1 N–H and O–H groups in total. The smallest absolute Gasteiger partial charge is 0.149 e. The van der Waals surface area contributed by atoms with Gasteiger partial charge in [-0.15, -0.1) is 0 Å². The first-order chi connectivity index (χ1) is 15.5. The van der Waals surface area contributed by atoms with Crippen molar-refractivity contribution in [3.63, 3.8) is 0 Å². The van der Waals surface area contributed by atoms with Crippen molar-refractivity contribution in [3.05, 3.63) is 76.8 Å². The summed E-state index contributed by atoms with van der Waals surface area (Å²) in [4.78, 5) is 4.74. The number of H-pyrrole nitrogens is 1. The van der Waals surface area contributed by atoms with Crippen LogP contribution in [0.4, 0.5) is 15.8 Å². The highest BCUT2D eigenvalue weighted by atomic mass is 19.1. The lowest BCUT2D eigenvalue weighted by atomic mass is 10.1. The Kier molecular flexibility index (Phi) is 5.27. The second-order valence-corrected chi connectivity index (χ2v) is 8.32. The maximum atomic E-state index is 14.8. The maximum Gasteiger partial charge on any atom is 0.149 e. The largest absolute Gasteiger partial charge is 0.369 e. The molecule has 0 unspecified atom stereocenters. The molecule has 3 aromatic rings. The Morgan fingerprint density at radius 1 is 1.09 bits per heavy atom. The summed E-state index contributed by atoms with van der Waals surface area (Å²) in [5, 5.41) is 15.5. The van der Waals surface area contributed by atoms with Crippen molar-refractivity contribution in [2.45, 2.75) is 13.3 Å². The van der Waals surface area contributed by atoms with E-state index in [0.29, 0.717) is 23.2 Å². The summed E-state index contributed by atoms with van der Waals surface area (Å²) in [6, 6.07) is 13.5. The Balaban J connectivity index is 1.57. The Hall–Kier alpha value is -3.45. The summed E-state index contributed by atoms with van der Waals surface area (Å²) < 4.78 is 14.8. The topological polar surface area (TPSA) is 50.8 Å². The fraction of sp³-hybridized carbons (Fsp3) is 0.280. The van der Waals surface area contributed by atoms with Gasteiger partial charge in [0.1, 0.15) is 22.6 Å². The molecule has 0 saturated carbocycles. The lowest BCUT2D eigenvalue weighted by Gasteiger charge is -2.34. The number of aromatic nitrogens is 2. The molecule has 164 valence electrons. The van der Waals surface area contributed by atoms with Crippen molar-refractivity contribution in [2.24, 2.45) is 5.10 Å². The zero-order chi connectivity index (χ0) is 22.2. The van der Waals surface area contributed by atoms with Crippen LogP contribution in [0.15, 0.2) is 59.8 Å². The Morgan fingerprint density at radius 2 is 1.88 bits per heavy atom. The van der Waals surface area contributed by atoms with Crippen LogP contribution in [0.2, 0.25) is 0 Å². The van der Waals surface area contributed by atoms with Crippen LogP contribution in [0.5, 0.6) is 0 Å². The normalized spacial score (nSPS) is 16.5. The molecular weight excluding hydrogens is 403 g/mol. The van der Waals surface area contributed by atoms with Gasteiger partial charge in [0, 0.05) is 37.4 Å². The molecular formula is C25H27FN6. The number of likely N-dealkylation sites (N-methyl/N-ethyl adjacent to an activating group) is 1. The number of aryl methyl sites for hydroxylation is 1. The summed E-state index contributed by atoms with van der Waals surface area (Å²) in [6.07, 6.45) is 2.57. The molecule has 0 bridgehead atoms. The summed E-state index contributed by atoms with van der Waals surface area (Å²) in [6.45, 7) is 10.2. The number of rotatable bonds is 4. The first-order valence-corrected chi connectivity index (χ1v) is 11.0. The maximum absolute atomic E-state index is 14.8. The number of aromatic amines is 1. The highest BCUT2D eigenvalue weighted by Gasteiger charge is 2.22. The second kappa shape index (κ2) is 8.24. The molecule has 0 amide bonds. The highest BCUT2D eigenvalue weighted by molar-refractivity contribution is 5.69. The van der Waals surface area contributed by atoms with Gasteiger partial charge >= 0.3 is 0 Å². The predicted octanol–water partition coefficient (Wildman–Crippen LogP) is 2.88. The van der Waals surface area contributed by atoms with E-state index < -0.39 is 0 Å². The van der Waals surface area contributed by atoms with Crippen molar-refractivity contribution in [2.75, 3.05) is 43.1 Å². The quantitative estimate of drug-likeness (QED) is 0.692. The molecule has 1 saturated heterocycles. The number of anilines is 2. The van der Waals surface area contributed by atoms with E-state index in [1.54, 1.807) is 11.1 Å². The van der Waals surface area contributed by atoms with E-state index in [1.807, 2.05) is 25.1 Å². The lowest BCUT2D eigenvalue weighted by Crippen LogP contribution is -2.44. The zero-order valence-corrected chi connectivity index (χ0v) is 18.5. The van der Waals surface area contributed by atoms with Crippen LogP contribution in [0, 0.1) is 5.82 Å². The van der Waals surface area contributed by atoms with Crippen molar-refractivity contribution >= 4 is 17.5 Å². The van der Waals surface area contributed by atoms with Crippen LogP contribution in [0.1, 0.15) is 12.5 Å². The van der Waals surface area contributed by atoms with Crippen LogP contribution < -0.4 is 20.6 Å². The molecule has 6 nitrogen and oxygen atoms in total.